The smallest absolute Gasteiger partial charge is 0.309 e. The van der Waals surface area contributed by atoms with Gasteiger partial charge >= 0.3 is 5.97 Å². The van der Waals surface area contributed by atoms with E-state index in [9.17, 15) is 4.79 Å². The summed E-state index contributed by atoms with van der Waals surface area (Å²) in [5.41, 5.74) is 0.0246. The van der Waals surface area contributed by atoms with E-state index in [0.717, 1.165) is 38.7 Å². The Kier molecular flexibility index (Phi) is 5.44. The summed E-state index contributed by atoms with van der Waals surface area (Å²) in [7, 11) is 0. The number of hydrogen-bond acceptors (Lipinski definition) is 4. The van der Waals surface area contributed by atoms with Gasteiger partial charge in [0, 0.05) is 31.7 Å². The molecular formula is C16H28O4. The van der Waals surface area contributed by atoms with Crippen LogP contribution in [0.25, 0.3) is 0 Å². The first-order valence-electron chi connectivity index (χ1n) is 8.07. The lowest BCUT2D eigenvalue weighted by Crippen LogP contribution is -2.59. The van der Waals surface area contributed by atoms with Crippen molar-refractivity contribution in [3.8, 4) is 0 Å². The Hall–Kier alpha value is -0.610. The van der Waals surface area contributed by atoms with E-state index in [4.69, 9.17) is 14.2 Å². The molecule has 0 radical (unpaired) electrons. The van der Waals surface area contributed by atoms with Crippen LogP contribution in [0.4, 0.5) is 0 Å². The Morgan fingerprint density at radius 2 is 1.80 bits per heavy atom. The zero-order chi connectivity index (χ0) is 14.6. The molecule has 2 fully saturated rings. The van der Waals surface area contributed by atoms with Gasteiger partial charge in [-0.1, -0.05) is 13.8 Å². The molecular weight excluding hydrogens is 256 g/mol. The van der Waals surface area contributed by atoms with Crippen LogP contribution in [0.15, 0.2) is 0 Å². The van der Waals surface area contributed by atoms with E-state index in [2.05, 4.69) is 13.8 Å². The number of ether oxygens (including phenoxy) is 3. The zero-order valence-electron chi connectivity index (χ0n) is 13.0. The number of esters is 1. The molecule has 4 nitrogen and oxygen atoms in total. The van der Waals surface area contributed by atoms with E-state index < -0.39 is 0 Å². The summed E-state index contributed by atoms with van der Waals surface area (Å²) in [6.07, 6.45) is 4.72. The lowest BCUT2D eigenvalue weighted by molar-refractivity contribution is -0.219. The zero-order valence-corrected chi connectivity index (χ0v) is 13.0. The minimum Gasteiger partial charge on any atom is -0.461 e. The van der Waals surface area contributed by atoms with Gasteiger partial charge in [0.1, 0.15) is 6.10 Å². The predicted octanol–water partition coefficient (Wildman–Crippen LogP) is 2.94. The highest BCUT2D eigenvalue weighted by Crippen LogP contribution is 2.50. The van der Waals surface area contributed by atoms with Gasteiger partial charge < -0.3 is 14.2 Å². The number of hydrogen-bond donors (Lipinski definition) is 0. The van der Waals surface area contributed by atoms with Gasteiger partial charge in [-0.25, -0.2) is 0 Å². The van der Waals surface area contributed by atoms with Crippen LogP contribution in [-0.4, -0.2) is 38.0 Å². The summed E-state index contributed by atoms with van der Waals surface area (Å²) in [5, 5.41) is 0. The van der Waals surface area contributed by atoms with E-state index in [1.807, 2.05) is 6.92 Å². The molecule has 0 aromatic carbocycles. The highest BCUT2D eigenvalue weighted by atomic mass is 16.6. The summed E-state index contributed by atoms with van der Waals surface area (Å²) in [4.78, 5) is 12.3. The fourth-order valence-corrected chi connectivity index (χ4v) is 3.64. The van der Waals surface area contributed by atoms with Crippen molar-refractivity contribution in [3.05, 3.63) is 0 Å². The van der Waals surface area contributed by atoms with E-state index in [0.29, 0.717) is 13.2 Å². The molecule has 1 aliphatic heterocycles. The SMILES string of the molecule is CCOC1CC(OC(=O)C2CCOCC2)C1(CC)CC. The first-order chi connectivity index (χ1) is 9.67. The summed E-state index contributed by atoms with van der Waals surface area (Å²) < 4.78 is 16.9. The van der Waals surface area contributed by atoms with E-state index in [-0.39, 0.29) is 29.5 Å². The van der Waals surface area contributed by atoms with Gasteiger partial charge in [0.25, 0.3) is 0 Å². The lowest BCUT2D eigenvalue weighted by Gasteiger charge is -2.54. The van der Waals surface area contributed by atoms with Crippen LogP contribution in [0.1, 0.15) is 52.9 Å². The second-order valence-corrected chi connectivity index (χ2v) is 5.93. The molecule has 2 aliphatic rings. The molecule has 116 valence electrons. The third kappa shape index (κ3) is 2.86. The first kappa shape index (κ1) is 15.8. The Morgan fingerprint density at radius 1 is 1.15 bits per heavy atom. The Morgan fingerprint density at radius 3 is 2.35 bits per heavy atom. The quantitative estimate of drug-likeness (QED) is 0.703. The number of carbonyl (C=O) groups is 1. The maximum atomic E-state index is 12.3. The van der Waals surface area contributed by atoms with Gasteiger partial charge in [0.15, 0.2) is 0 Å². The topological polar surface area (TPSA) is 44.8 Å². The Labute approximate surface area is 122 Å². The second kappa shape index (κ2) is 6.90. The van der Waals surface area contributed by atoms with Crippen LogP contribution in [0.2, 0.25) is 0 Å². The van der Waals surface area contributed by atoms with Crippen LogP contribution >= 0.6 is 0 Å². The number of carbonyl (C=O) groups excluding carboxylic acids is 1. The van der Waals surface area contributed by atoms with Crippen LogP contribution in [-0.2, 0) is 19.0 Å². The van der Waals surface area contributed by atoms with Crippen molar-refractivity contribution in [2.24, 2.45) is 11.3 Å². The van der Waals surface area contributed by atoms with Crippen molar-refractivity contribution in [2.45, 2.75) is 65.1 Å². The van der Waals surface area contributed by atoms with Gasteiger partial charge in [-0.05, 0) is 32.6 Å². The maximum Gasteiger partial charge on any atom is 0.309 e. The monoisotopic (exact) mass is 284 g/mol. The third-order valence-electron chi connectivity index (χ3n) is 5.21. The summed E-state index contributed by atoms with van der Waals surface area (Å²) in [6, 6.07) is 0. The fraction of sp³-hybridized carbons (Fsp3) is 0.938. The minimum absolute atomic E-state index is 0.0246. The Balaban J connectivity index is 1.93. The lowest BCUT2D eigenvalue weighted by atomic mass is 9.60. The van der Waals surface area contributed by atoms with Gasteiger partial charge in [-0.15, -0.1) is 0 Å². The predicted molar refractivity (Wildman–Crippen MR) is 76.5 cm³/mol. The molecule has 2 rings (SSSR count). The van der Waals surface area contributed by atoms with Gasteiger partial charge in [0.2, 0.25) is 0 Å². The average Bonchev–Trinajstić information content (AvgIpc) is 2.48. The highest BCUT2D eigenvalue weighted by Gasteiger charge is 2.55. The van der Waals surface area contributed by atoms with Crippen molar-refractivity contribution in [1.82, 2.24) is 0 Å². The molecule has 0 spiro atoms. The fourth-order valence-electron chi connectivity index (χ4n) is 3.64. The minimum atomic E-state index is -0.0282. The van der Waals surface area contributed by atoms with Gasteiger partial charge in [-0.3, -0.25) is 4.79 Å². The largest absolute Gasteiger partial charge is 0.461 e. The average molecular weight is 284 g/mol. The highest BCUT2D eigenvalue weighted by molar-refractivity contribution is 5.72. The van der Waals surface area contributed by atoms with E-state index in [1.54, 1.807) is 0 Å². The molecule has 0 aromatic rings. The van der Waals surface area contributed by atoms with E-state index >= 15 is 0 Å². The molecule has 4 heteroatoms. The molecule has 1 saturated carbocycles. The van der Waals surface area contributed by atoms with Gasteiger partial charge in [-0.2, -0.15) is 0 Å². The maximum absolute atomic E-state index is 12.3. The molecule has 2 atom stereocenters. The second-order valence-electron chi connectivity index (χ2n) is 5.93. The van der Waals surface area contributed by atoms with Crippen molar-refractivity contribution < 1.29 is 19.0 Å². The van der Waals surface area contributed by atoms with Gasteiger partial charge in [0.05, 0.1) is 12.0 Å². The van der Waals surface area contributed by atoms with E-state index in [1.165, 1.54) is 0 Å². The molecule has 1 saturated heterocycles. The molecule has 0 bridgehead atoms. The first-order valence-corrected chi connectivity index (χ1v) is 8.07. The standard InChI is InChI=1S/C16H28O4/c1-4-16(5-2)13(19-6-3)11-14(16)20-15(17)12-7-9-18-10-8-12/h12-14H,4-11H2,1-3H3. The van der Waals surface area contributed by atoms with Crippen molar-refractivity contribution in [1.29, 1.82) is 0 Å². The Bertz CT molecular complexity index is 318. The third-order valence-corrected chi connectivity index (χ3v) is 5.21. The van der Waals surface area contributed by atoms with Crippen LogP contribution in [0.5, 0.6) is 0 Å². The molecule has 1 aliphatic carbocycles. The van der Waals surface area contributed by atoms with Crippen LogP contribution in [0, 0.1) is 11.3 Å². The van der Waals surface area contributed by atoms with Crippen LogP contribution < -0.4 is 0 Å². The van der Waals surface area contributed by atoms with Crippen molar-refractivity contribution in [3.63, 3.8) is 0 Å². The normalized spacial score (nSPS) is 29.8. The molecule has 0 amide bonds. The number of rotatable bonds is 6. The molecule has 20 heavy (non-hydrogen) atoms. The molecule has 0 N–H and O–H groups in total. The van der Waals surface area contributed by atoms with Crippen molar-refractivity contribution in [2.75, 3.05) is 19.8 Å². The summed E-state index contributed by atoms with van der Waals surface area (Å²) >= 11 is 0. The molecule has 2 unspecified atom stereocenters. The summed E-state index contributed by atoms with van der Waals surface area (Å²) in [6.45, 7) is 8.45. The van der Waals surface area contributed by atoms with Crippen LogP contribution in [0.3, 0.4) is 0 Å². The molecule has 1 heterocycles. The summed E-state index contributed by atoms with van der Waals surface area (Å²) in [5.74, 6) is 0.000768. The molecule has 0 aromatic heterocycles. The van der Waals surface area contributed by atoms with Crippen molar-refractivity contribution >= 4 is 5.97 Å².